The molecule has 0 bridgehead atoms. The van der Waals surface area contributed by atoms with E-state index in [0.29, 0.717) is 22.8 Å². The molecule has 0 radical (unpaired) electrons. The van der Waals surface area contributed by atoms with Crippen LogP contribution in [0.5, 0.6) is 0 Å². The predicted molar refractivity (Wildman–Crippen MR) is 95.6 cm³/mol. The second-order valence-electron chi connectivity index (χ2n) is 6.87. The van der Waals surface area contributed by atoms with Crippen molar-refractivity contribution in [3.63, 3.8) is 0 Å². The van der Waals surface area contributed by atoms with Crippen molar-refractivity contribution in [1.29, 1.82) is 0 Å². The van der Waals surface area contributed by atoms with Gasteiger partial charge in [-0.25, -0.2) is 0 Å². The third-order valence-corrected chi connectivity index (χ3v) is 6.36. The molecule has 1 aliphatic heterocycles. The molecule has 3 atom stereocenters. The molecule has 4 rings (SSSR count). The molecule has 2 aliphatic rings. The maximum atomic E-state index is 12.9. The van der Waals surface area contributed by atoms with Gasteiger partial charge in [0.2, 0.25) is 0 Å². The number of hydrogen-bond donors (Lipinski definition) is 0. The highest BCUT2D eigenvalue weighted by atomic mass is 32.1. The summed E-state index contributed by atoms with van der Waals surface area (Å²) in [7, 11) is 2.09. The molecule has 1 saturated heterocycles. The monoisotopic (exact) mass is 358 g/mol. The summed E-state index contributed by atoms with van der Waals surface area (Å²) in [4.78, 5) is 17.8. The number of aromatic nitrogens is 4. The van der Waals surface area contributed by atoms with Gasteiger partial charge < -0.3 is 9.80 Å². The second-order valence-corrected chi connectivity index (χ2v) is 7.63. The van der Waals surface area contributed by atoms with Gasteiger partial charge in [0.15, 0.2) is 5.82 Å². The number of nitrogens with zero attached hydrogens (tertiary/aromatic N) is 6. The van der Waals surface area contributed by atoms with Crippen molar-refractivity contribution < 1.29 is 4.79 Å². The third-order valence-electron chi connectivity index (χ3n) is 5.61. The second kappa shape index (κ2) is 6.67. The van der Waals surface area contributed by atoms with Crippen LogP contribution in [0.3, 0.4) is 0 Å². The van der Waals surface area contributed by atoms with Gasteiger partial charge in [-0.15, -0.1) is 10.2 Å². The number of likely N-dealkylation sites (tertiary alicyclic amines) is 1. The lowest BCUT2D eigenvalue weighted by Crippen LogP contribution is -2.39. The van der Waals surface area contributed by atoms with E-state index in [9.17, 15) is 4.79 Å². The number of anilines is 1. The highest BCUT2D eigenvalue weighted by molar-refractivity contribution is 7.08. The quantitative estimate of drug-likeness (QED) is 0.831. The fourth-order valence-electron chi connectivity index (χ4n) is 4.28. The highest BCUT2D eigenvalue weighted by Crippen LogP contribution is 2.41. The van der Waals surface area contributed by atoms with Gasteiger partial charge in [-0.3, -0.25) is 4.79 Å². The molecule has 0 spiro atoms. The molecule has 0 aromatic carbocycles. The minimum Gasteiger partial charge on any atom is -0.355 e. The van der Waals surface area contributed by atoms with Crippen LogP contribution in [0.1, 0.15) is 35.1 Å². The van der Waals surface area contributed by atoms with Gasteiger partial charge >= 0.3 is 0 Å². The van der Waals surface area contributed by atoms with Crippen molar-refractivity contribution in [2.24, 2.45) is 11.8 Å². The summed E-state index contributed by atoms with van der Waals surface area (Å²) in [5.41, 5.74) is 0.820. The Kier molecular flexibility index (Phi) is 4.37. The minimum atomic E-state index is 0.0992. The zero-order valence-corrected chi connectivity index (χ0v) is 15.3. The Balaban J connectivity index is 1.49. The van der Waals surface area contributed by atoms with Crippen LogP contribution in [0, 0.1) is 11.8 Å². The Morgan fingerprint density at radius 2 is 2.24 bits per heavy atom. The number of carbonyl (C=O) groups excluding carboxylic acids is 1. The molecule has 1 amide bonds. The summed E-state index contributed by atoms with van der Waals surface area (Å²) < 4.78 is 3.96. The minimum absolute atomic E-state index is 0.0992. The van der Waals surface area contributed by atoms with Crippen LogP contribution in [0.4, 0.5) is 5.82 Å². The smallest absolute Gasteiger partial charge is 0.267 e. The average molecular weight is 358 g/mol. The lowest BCUT2D eigenvalue weighted by molar-refractivity contribution is 0.0783. The molecular formula is C17H22N6OS. The van der Waals surface area contributed by atoms with Crippen LogP contribution in [-0.2, 0) is 6.42 Å². The molecule has 7 nitrogen and oxygen atoms in total. The van der Waals surface area contributed by atoms with Gasteiger partial charge in [-0.05, 0) is 48.8 Å². The first-order valence-corrected chi connectivity index (χ1v) is 9.57. The molecule has 0 N–H and O–H groups in total. The standard InChI is InChI=1S/C17H22N6OS/c1-3-13-16(25-21-19-13)17(24)23-9-11-6-7-14(12(11)10-23)22(2)15-5-4-8-18-20-15/h4-5,8,11-12,14H,3,6-7,9-10H2,1-2H3/t11-,12+,14-/m1/s1. The molecule has 132 valence electrons. The van der Waals surface area contributed by atoms with E-state index >= 15 is 0 Å². The third kappa shape index (κ3) is 2.88. The summed E-state index contributed by atoms with van der Waals surface area (Å²) in [6.07, 6.45) is 4.74. The molecule has 1 saturated carbocycles. The summed E-state index contributed by atoms with van der Waals surface area (Å²) in [5, 5.41) is 12.3. The first-order valence-electron chi connectivity index (χ1n) is 8.80. The summed E-state index contributed by atoms with van der Waals surface area (Å²) >= 11 is 1.22. The van der Waals surface area contributed by atoms with Crippen LogP contribution in [0.2, 0.25) is 0 Å². The van der Waals surface area contributed by atoms with E-state index in [1.165, 1.54) is 11.5 Å². The maximum Gasteiger partial charge on any atom is 0.267 e. The topological polar surface area (TPSA) is 75.1 Å². The lowest BCUT2D eigenvalue weighted by Gasteiger charge is -2.30. The number of rotatable bonds is 4. The van der Waals surface area contributed by atoms with Crippen LogP contribution < -0.4 is 4.90 Å². The number of amides is 1. The van der Waals surface area contributed by atoms with Gasteiger partial charge in [0.25, 0.3) is 5.91 Å². The van der Waals surface area contributed by atoms with Crippen molar-refractivity contribution in [2.45, 2.75) is 32.2 Å². The van der Waals surface area contributed by atoms with Gasteiger partial charge in [-0.1, -0.05) is 11.4 Å². The molecule has 2 aromatic heterocycles. The van der Waals surface area contributed by atoms with Crippen molar-refractivity contribution in [3.05, 3.63) is 28.9 Å². The Labute approximate surface area is 151 Å². The van der Waals surface area contributed by atoms with E-state index in [1.54, 1.807) is 6.20 Å². The zero-order chi connectivity index (χ0) is 17.4. The van der Waals surface area contributed by atoms with Crippen LogP contribution >= 0.6 is 11.5 Å². The van der Waals surface area contributed by atoms with E-state index in [-0.39, 0.29) is 5.91 Å². The summed E-state index contributed by atoms with van der Waals surface area (Å²) in [6, 6.07) is 4.32. The van der Waals surface area contributed by atoms with Crippen molar-refractivity contribution in [2.75, 3.05) is 25.0 Å². The highest BCUT2D eigenvalue weighted by Gasteiger charge is 2.46. The Morgan fingerprint density at radius 1 is 1.36 bits per heavy atom. The average Bonchev–Trinajstić information content (AvgIpc) is 3.36. The fourth-order valence-corrected chi connectivity index (χ4v) is 5.00. The molecule has 2 fully saturated rings. The number of aryl methyl sites for hydroxylation is 1. The van der Waals surface area contributed by atoms with Gasteiger partial charge in [0.1, 0.15) is 4.88 Å². The first kappa shape index (κ1) is 16.4. The van der Waals surface area contributed by atoms with Crippen molar-refractivity contribution in [1.82, 2.24) is 24.7 Å². The molecule has 3 heterocycles. The first-order chi connectivity index (χ1) is 12.2. The van der Waals surface area contributed by atoms with E-state index in [1.807, 2.05) is 24.0 Å². The predicted octanol–water partition coefficient (Wildman–Crippen LogP) is 1.88. The molecule has 8 heteroatoms. The largest absolute Gasteiger partial charge is 0.355 e. The van der Waals surface area contributed by atoms with Crippen molar-refractivity contribution >= 4 is 23.3 Å². The molecule has 25 heavy (non-hydrogen) atoms. The van der Waals surface area contributed by atoms with E-state index in [4.69, 9.17) is 0 Å². The van der Waals surface area contributed by atoms with Gasteiger partial charge in [-0.2, -0.15) is 5.10 Å². The van der Waals surface area contributed by atoms with E-state index in [0.717, 1.165) is 43.9 Å². The molecule has 2 aromatic rings. The lowest BCUT2D eigenvalue weighted by atomic mass is 9.97. The van der Waals surface area contributed by atoms with Gasteiger partial charge in [0, 0.05) is 38.3 Å². The Morgan fingerprint density at radius 3 is 3.00 bits per heavy atom. The zero-order valence-electron chi connectivity index (χ0n) is 14.5. The Hall–Kier alpha value is -2.09. The number of fused-ring (bicyclic) bond motifs is 1. The van der Waals surface area contributed by atoms with E-state index in [2.05, 4.69) is 31.7 Å². The van der Waals surface area contributed by atoms with E-state index < -0.39 is 0 Å². The van der Waals surface area contributed by atoms with Crippen LogP contribution in [0.15, 0.2) is 18.3 Å². The molecule has 1 aliphatic carbocycles. The molecule has 0 unspecified atom stereocenters. The van der Waals surface area contributed by atoms with Crippen molar-refractivity contribution in [3.8, 4) is 0 Å². The maximum absolute atomic E-state index is 12.9. The van der Waals surface area contributed by atoms with Crippen LogP contribution in [0.25, 0.3) is 0 Å². The number of hydrogen-bond acceptors (Lipinski definition) is 7. The normalized spacial score (nSPS) is 25.2. The summed E-state index contributed by atoms with van der Waals surface area (Å²) in [6.45, 7) is 3.66. The number of carbonyl (C=O) groups is 1. The summed E-state index contributed by atoms with van der Waals surface area (Å²) in [5.74, 6) is 2.06. The fraction of sp³-hybridized carbons (Fsp3) is 0.588. The van der Waals surface area contributed by atoms with Gasteiger partial charge in [0.05, 0.1) is 5.69 Å². The molecular weight excluding hydrogens is 336 g/mol. The SMILES string of the molecule is CCc1nnsc1C(=O)N1C[C@H]2CC[C@@H](N(C)c3cccnn3)[C@H]2C1. The Bertz CT molecular complexity index is 751. The van der Waals surface area contributed by atoms with Crippen LogP contribution in [-0.4, -0.2) is 56.8 Å².